The van der Waals surface area contributed by atoms with Crippen LogP contribution in [0.25, 0.3) is 0 Å². The molecule has 0 aliphatic carbocycles. The molecule has 7 N–H and O–H groups in total. The predicted molar refractivity (Wildman–Crippen MR) is 133 cm³/mol. The number of hydrogen-bond acceptors (Lipinski definition) is 6. The summed E-state index contributed by atoms with van der Waals surface area (Å²) in [5.74, 6) is -3.69. The van der Waals surface area contributed by atoms with E-state index in [4.69, 9.17) is 5.73 Å². The van der Waals surface area contributed by atoms with Gasteiger partial charge in [0.1, 0.15) is 24.2 Å². The number of hydrogen-bond donors (Lipinski definition) is 6. The summed E-state index contributed by atoms with van der Waals surface area (Å²) in [6, 6.07) is -3.86. The maximum atomic E-state index is 13.2. The number of carbonyl (C=O) groups is 5. The van der Waals surface area contributed by atoms with E-state index >= 15 is 0 Å². The number of carboxylic acids is 1. The van der Waals surface area contributed by atoms with Crippen LogP contribution in [0.3, 0.4) is 0 Å². The van der Waals surface area contributed by atoms with Gasteiger partial charge in [0.05, 0.1) is 0 Å². The second kappa shape index (κ2) is 16.1. The van der Waals surface area contributed by atoms with Gasteiger partial charge >= 0.3 is 5.97 Å². The van der Waals surface area contributed by atoms with Crippen LogP contribution >= 0.6 is 0 Å². The fourth-order valence-corrected chi connectivity index (χ4v) is 3.52. The number of rotatable bonds is 16. The van der Waals surface area contributed by atoms with E-state index in [2.05, 4.69) is 21.3 Å². The maximum Gasteiger partial charge on any atom is 0.326 e. The van der Waals surface area contributed by atoms with Gasteiger partial charge in [-0.05, 0) is 50.0 Å². The highest BCUT2D eigenvalue weighted by Gasteiger charge is 2.33. The minimum absolute atomic E-state index is 0.0446. The molecule has 11 nitrogen and oxygen atoms in total. The molecule has 0 aromatic carbocycles. The molecule has 0 aliphatic heterocycles. The molecule has 202 valence electrons. The first-order valence-corrected chi connectivity index (χ1v) is 12.3. The number of nitrogens with one attached hydrogen (secondary N) is 4. The van der Waals surface area contributed by atoms with Crippen LogP contribution in [0, 0.1) is 17.8 Å². The smallest absolute Gasteiger partial charge is 0.326 e. The fraction of sp³-hybridized carbons (Fsp3) is 0.792. The third kappa shape index (κ3) is 12.5. The van der Waals surface area contributed by atoms with Gasteiger partial charge in [0.15, 0.2) is 0 Å². The standard InChI is InChI=1S/C24H45N5O6/c1-13(2)12-18(24(34)35)28-23(33)20(15(5)6)29-21(31)17(10-8-9-11-25)27-22(32)19(14(3)4)26-16(7)30/h13-15,17-20H,8-12,25H2,1-7H3,(H,26,30)(H,27,32)(H,28,33)(H,29,31)(H,34,35)/t17-,18-,19-,20-/m0/s1. The second-order valence-electron chi connectivity index (χ2n) is 10.0. The number of unbranched alkanes of at least 4 members (excludes halogenated alkanes) is 1. The number of amides is 4. The molecule has 11 heteroatoms. The topological polar surface area (TPSA) is 180 Å². The van der Waals surface area contributed by atoms with Crippen LogP contribution in [0.15, 0.2) is 0 Å². The van der Waals surface area contributed by atoms with Crippen molar-refractivity contribution in [2.75, 3.05) is 6.54 Å². The van der Waals surface area contributed by atoms with E-state index in [0.717, 1.165) is 0 Å². The highest BCUT2D eigenvalue weighted by Crippen LogP contribution is 2.10. The average molecular weight is 500 g/mol. The molecule has 0 aliphatic rings. The zero-order valence-electron chi connectivity index (χ0n) is 22.1. The number of nitrogens with two attached hydrogens (primary N) is 1. The first-order chi connectivity index (χ1) is 16.2. The highest BCUT2D eigenvalue weighted by atomic mass is 16.4. The van der Waals surface area contributed by atoms with Gasteiger partial charge in [-0.1, -0.05) is 41.5 Å². The molecule has 0 unspecified atom stereocenters. The Labute approximate surface area is 208 Å². The van der Waals surface area contributed by atoms with Gasteiger partial charge in [0, 0.05) is 6.92 Å². The van der Waals surface area contributed by atoms with Crippen molar-refractivity contribution in [1.82, 2.24) is 21.3 Å². The first kappa shape index (κ1) is 32.3. The lowest BCUT2D eigenvalue weighted by molar-refractivity contribution is -0.143. The number of carboxylic acid groups (broad SMARTS) is 1. The van der Waals surface area contributed by atoms with Crippen molar-refractivity contribution in [2.24, 2.45) is 23.5 Å². The van der Waals surface area contributed by atoms with Crippen LogP contribution in [0.1, 0.15) is 74.1 Å². The third-order valence-electron chi connectivity index (χ3n) is 5.46. The molecule has 0 spiro atoms. The Hall–Kier alpha value is -2.69. The summed E-state index contributed by atoms with van der Waals surface area (Å²) in [5, 5.41) is 19.9. The van der Waals surface area contributed by atoms with Crippen molar-refractivity contribution in [1.29, 1.82) is 0 Å². The Morgan fingerprint density at radius 1 is 0.714 bits per heavy atom. The van der Waals surface area contributed by atoms with Crippen LogP contribution < -0.4 is 27.0 Å². The SMILES string of the molecule is CC(=O)N[C@H](C(=O)N[C@@H](CCCCN)C(=O)N[C@H](C(=O)N[C@@H](CC(C)C)C(=O)O)C(C)C)C(C)C. The van der Waals surface area contributed by atoms with E-state index in [1.54, 1.807) is 27.7 Å². The summed E-state index contributed by atoms with van der Waals surface area (Å²) in [6.45, 7) is 12.5. The van der Waals surface area contributed by atoms with Crippen LogP contribution in [0.4, 0.5) is 0 Å². The Morgan fingerprint density at radius 2 is 1.20 bits per heavy atom. The Bertz CT molecular complexity index is 725. The predicted octanol–water partition coefficient (Wildman–Crippen LogP) is 0.517. The molecule has 0 saturated carbocycles. The lowest BCUT2D eigenvalue weighted by Crippen LogP contribution is -2.59. The Balaban J connectivity index is 5.62. The van der Waals surface area contributed by atoms with Crippen molar-refractivity contribution < 1.29 is 29.1 Å². The molecule has 0 aromatic rings. The summed E-state index contributed by atoms with van der Waals surface area (Å²) < 4.78 is 0. The average Bonchev–Trinajstić information content (AvgIpc) is 2.73. The number of aliphatic carboxylic acids is 1. The van der Waals surface area contributed by atoms with Crippen molar-refractivity contribution in [3.8, 4) is 0 Å². The van der Waals surface area contributed by atoms with E-state index < -0.39 is 47.9 Å². The molecule has 0 bridgehead atoms. The van der Waals surface area contributed by atoms with Crippen LogP contribution in [-0.2, 0) is 24.0 Å². The van der Waals surface area contributed by atoms with E-state index in [0.29, 0.717) is 19.4 Å². The minimum atomic E-state index is -1.15. The summed E-state index contributed by atoms with van der Waals surface area (Å²) in [5.41, 5.74) is 5.56. The molecular formula is C24H45N5O6. The quantitative estimate of drug-likeness (QED) is 0.167. The van der Waals surface area contributed by atoms with Crippen LogP contribution in [0.5, 0.6) is 0 Å². The molecule has 35 heavy (non-hydrogen) atoms. The minimum Gasteiger partial charge on any atom is -0.480 e. The van der Waals surface area contributed by atoms with Gasteiger partial charge in [0.2, 0.25) is 23.6 Å². The lowest BCUT2D eigenvalue weighted by atomic mass is 9.99. The van der Waals surface area contributed by atoms with Gasteiger partial charge in [-0.15, -0.1) is 0 Å². The van der Waals surface area contributed by atoms with Crippen LogP contribution in [-0.4, -0.2) is 65.4 Å². The highest BCUT2D eigenvalue weighted by molar-refractivity contribution is 5.95. The molecule has 0 fully saturated rings. The van der Waals surface area contributed by atoms with Gasteiger partial charge in [-0.3, -0.25) is 19.2 Å². The van der Waals surface area contributed by atoms with Crippen LogP contribution in [0.2, 0.25) is 0 Å². The van der Waals surface area contributed by atoms with Crippen molar-refractivity contribution in [2.45, 2.75) is 98.3 Å². The Morgan fingerprint density at radius 3 is 1.60 bits per heavy atom. The largest absolute Gasteiger partial charge is 0.480 e. The van der Waals surface area contributed by atoms with Gasteiger partial charge in [-0.2, -0.15) is 0 Å². The molecule has 0 saturated heterocycles. The molecule has 4 atom stereocenters. The zero-order chi connectivity index (χ0) is 27.3. The van der Waals surface area contributed by atoms with Gasteiger partial charge in [0.25, 0.3) is 0 Å². The molecule has 0 rings (SSSR count). The third-order valence-corrected chi connectivity index (χ3v) is 5.46. The number of carbonyl (C=O) groups excluding carboxylic acids is 4. The molecule has 0 radical (unpaired) electrons. The van der Waals surface area contributed by atoms with Gasteiger partial charge < -0.3 is 32.1 Å². The van der Waals surface area contributed by atoms with E-state index in [-0.39, 0.29) is 36.5 Å². The lowest BCUT2D eigenvalue weighted by Gasteiger charge is -2.28. The molecular weight excluding hydrogens is 454 g/mol. The molecule has 0 heterocycles. The van der Waals surface area contributed by atoms with Crippen molar-refractivity contribution in [3.63, 3.8) is 0 Å². The molecule has 0 aromatic heterocycles. The van der Waals surface area contributed by atoms with E-state index in [1.807, 2.05) is 13.8 Å². The fourth-order valence-electron chi connectivity index (χ4n) is 3.52. The summed E-state index contributed by atoms with van der Waals surface area (Å²) in [6.07, 6.45) is 1.74. The Kier molecular flexibility index (Phi) is 14.8. The second-order valence-corrected chi connectivity index (χ2v) is 10.0. The summed E-state index contributed by atoms with van der Waals surface area (Å²) >= 11 is 0. The van der Waals surface area contributed by atoms with Crippen molar-refractivity contribution >= 4 is 29.6 Å². The maximum absolute atomic E-state index is 13.2. The van der Waals surface area contributed by atoms with Crippen molar-refractivity contribution in [3.05, 3.63) is 0 Å². The first-order valence-electron chi connectivity index (χ1n) is 12.3. The monoisotopic (exact) mass is 499 g/mol. The zero-order valence-corrected chi connectivity index (χ0v) is 22.1. The van der Waals surface area contributed by atoms with E-state index in [1.165, 1.54) is 6.92 Å². The van der Waals surface area contributed by atoms with E-state index in [9.17, 15) is 29.1 Å². The summed E-state index contributed by atoms with van der Waals surface area (Å²) in [7, 11) is 0. The van der Waals surface area contributed by atoms with Gasteiger partial charge in [-0.25, -0.2) is 4.79 Å². The normalized spacial score (nSPS) is 14.7. The molecule has 4 amide bonds. The summed E-state index contributed by atoms with van der Waals surface area (Å²) in [4.78, 5) is 62.0.